The van der Waals surface area contributed by atoms with E-state index in [9.17, 15) is 15.0 Å². The highest BCUT2D eigenvalue weighted by Crippen LogP contribution is 2.31. The Morgan fingerprint density at radius 1 is 1.08 bits per heavy atom. The molecule has 1 aromatic carbocycles. The van der Waals surface area contributed by atoms with Crippen LogP contribution in [-0.2, 0) is 11.2 Å². The summed E-state index contributed by atoms with van der Waals surface area (Å²) in [7, 11) is 0. The van der Waals surface area contributed by atoms with Crippen molar-refractivity contribution in [2.75, 3.05) is 13.2 Å². The van der Waals surface area contributed by atoms with Crippen LogP contribution in [0, 0.1) is 19.8 Å². The summed E-state index contributed by atoms with van der Waals surface area (Å²) in [6.07, 6.45) is -2.04. The largest absolute Gasteiger partial charge is 0.490 e. The van der Waals surface area contributed by atoms with Crippen molar-refractivity contribution < 1.29 is 29.0 Å². The number of aliphatic hydroxyl groups excluding tert-OH is 2. The van der Waals surface area contributed by atoms with Gasteiger partial charge < -0.3 is 29.9 Å². The average molecular weight is 500 g/mol. The maximum Gasteiger partial charge on any atom is 0.317 e. The Labute approximate surface area is 209 Å². The van der Waals surface area contributed by atoms with Crippen LogP contribution < -0.4 is 15.2 Å². The number of carbonyl (C=O) groups is 1. The van der Waals surface area contributed by atoms with Gasteiger partial charge in [-0.25, -0.2) is 4.98 Å². The number of benzene rings is 1. The molecule has 3 aromatic rings. The molecule has 0 spiro atoms. The molecule has 4 N–H and O–H groups in total. The highest BCUT2D eigenvalue weighted by Gasteiger charge is 2.20. The maximum atomic E-state index is 11.0. The van der Waals surface area contributed by atoms with Crippen molar-refractivity contribution in [2.24, 2.45) is 11.7 Å². The number of ether oxygens (including phenoxy) is 2. The monoisotopic (exact) mass is 499 g/mol. The zero-order valence-electron chi connectivity index (χ0n) is 21.2. The highest BCUT2D eigenvalue weighted by molar-refractivity contribution is 5.78. The number of aliphatic hydroxyl groups is 2. The first-order valence-electron chi connectivity index (χ1n) is 11.8. The summed E-state index contributed by atoms with van der Waals surface area (Å²) >= 11 is 0. The van der Waals surface area contributed by atoms with Gasteiger partial charge in [0.25, 0.3) is 5.89 Å². The number of hydrogen-bond acceptors (Lipinski definition) is 10. The van der Waals surface area contributed by atoms with E-state index in [1.165, 1.54) is 0 Å². The standard InChI is InChI=1S/C25H33N5O6/c1-6-16-9-17(7-14(4)21(16)34-12-18(31)10-20(32)22(26)33)23-29-24(36-30-23)19-8-15(5)27-25(28-19)35-11-13(2)3/h7-9,13,18,20,31-32H,6,10-12H2,1-5H3,(H2,26,33)/t18-,20?/m0/s1. The van der Waals surface area contributed by atoms with Gasteiger partial charge in [-0.3, -0.25) is 4.79 Å². The smallest absolute Gasteiger partial charge is 0.317 e. The molecule has 0 radical (unpaired) electrons. The van der Waals surface area contributed by atoms with Gasteiger partial charge in [-0.2, -0.15) is 9.97 Å². The maximum absolute atomic E-state index is 11.0. The molecule has 0 aliphatic heterocycles. The molecule has 11 nitrogen and oxygen atoms in total. The molecule has 0 aliphatic rings. The van der Waals surface area contributed by atoms with Gasteiger partial charge in [-0.1, -0.05) is 25.9 Å². The first-order chi connectivity index (χ1) is 17.1. The number of aryl methyl sites for hydroxylation is 3. The fourth-order valence-electron chi connectivity index (χ4n) is 3.47. The molecule has 0 saturated heterocycles. The molecule has 2 heterocycles. The quantitative estimate of drug-likeness (QED) is 0.336. The van der Waals surface area contributed by atoms with E-state index in [-0.39, 0.29) is 24.9 Å². The Morgan fingerprint density at radius 3 is 2.50 bits per heavy atom. The number of hydrogen-bond donors (Lipinski definition) is 3. The Kier molecular flexibility index (Phi) is 8.94. The Bertz CT molecular complexity index is 1200. The lowest BCUT2D eigenvalue weighted by Crippen LogP contribution is -2.33. The third kappa shape index (κ3) is 6.98. The van der Waals surface area contributed by atoms with Crippen LogP contribution in [0.15, 0.2) is 22.7 Å². The number of aromatic nitrogens is 4. The summed E-state index contributed by atoms with van der Waals surface area (Å²) in [5.74, 6) is 0.688. The number of nitrogens with two attached hydrogens (primary N) is 1. The normalized spacial score (nSPS) is 13.0. The van der Waals surface area contributed by atoms with Crippen molar-refractivity contribution in [1.29, 1.82) is 0 Å². The Hall–Kier alpha value is -3.57. The fourth-order valence-corrected chi connectivity index (χ4v) is 3.47. The van der Waals surface area contributed by atoms with Crippen LogP contribution in [0.1, 0.15) is 44.0 Å². The van der Waals surface area contributed by atoms with Gasteiger partial charge in [-0.15, -0.1) is 0 Å². The van der Waals surface area contributed by atoms with Gasteiger partial charge >= 0.3 is 6.01 Å². The molecule has 3 rings (SSSR count). The van der Waals surface area contributed by atoms with E-state index in [1.54, 1.807) is 6.07 Å². The van der Waals surface area contributed by atoms with Crippen LogP contribution in [0.2, 0.25) is 0 Å². The van der Waals surface area contributed by atoms with Crippen molar-refractivity contribution in [3.05, 3.63) is 35.0 Å². The van der Waals surface area contributed by atoms with Crippen LogP contribution in [0.5, 0.6) is 11.8 Å². The average Bonchev–Trinajstić information content (AvgIpc) is 3.31. The number of nitrogens with zero attached hydrogens (tertiary/aromatic N) is 4. The summed E-state index contributed by atoms with van der Waals surface area (Å²) < 4.78 is 17.0. The lowest BCUT2D eigenvalue weighted by Gasteiger charge is -2.18. The number of rotatable bonds is 12. The second-order valence-electron chi connectivity index (χ2n) is 9.06. The van der Waals surface area contributed by atoms with E-state index in [0.29, 0.717) is 36.2 Å². The van der Waals surface area contributed by atoms with E-state index < -0.39 is 18.1 Å². The summed E-state index contributed by atoms with van der Waals surface area (Å²) in [5, 5.41) is 23.8. The van der Waals surface area contributed by atoms with Gasteiger partial charge in [-0.05, 0) is 55.5 Å². The summed E-state index contributed by atoms with van der Waals surface area (Å²) in [5.41, 5.74) is 8.64. The molecule has 194 valence electrons. The van der Waals surface area contributed by atoms with E-state index >= 15 is 0 Å². The predicted octanol–water partition coefficient (Wildman–Crippen LogP) is 2.38. The van der Waals surface area contributed by atoms with E-state index in [2.05, 4.69) is 20.1 Å². The van der Waals surface area contributed by atoms with Gasteiger partial charge in [0.1, 0.15) is 24.2 Å². The van der Waals surface area contributed by atoms with Crippen LogP contribution >= 0.6 is 0 Å². The highest BCUT2D eigenvalue weighted by atomic mass is 16.5. The third-order valence-corrected chi connectivity index (χ3v) is 5.26. The molecule has 11 heteroatoms. The minimum absolute atomic E-state index is 0.0990. The van der Waals surface area contributed by atoms with Crippen LogP contribution in [0.3, 0.4) is 0 Å². The first kappa shape index (κ1) is 27.0. The van der Waals surface area contributed by atoms with Gasteiger partial charge in [0.15, 0.2) is 0 Å². The zero-order chi connectivity index (χ0) is 26.4. The molecule has 0 aliphatic carbocycles. The van der Waals surface area contributed by atoms with Crippen molar-refractivity contribution >= 4 is 5.91 Å². The molecule has 0 fully saturated rings. The SMILES string of the molecule is CCc1cc(-c2noc(-c3cc(C)nc(OCC(C)C)n3)n2)cc(C)c1OC[C@@H](O)CC(O)C(N)=O. The molecule has 1 unspecified atom stereocenters. The molecule has 1 amide bonds. The predicted molar refractivity (Wildman–Crippen MR) is 131 cm³/mol. The summed E-state index contributed by atoms with van der Waals surface area (Å²) in [6, 6.07) is 5.76. The fraction of sp³-hybridized carbons (Fsp3) is 0.480. The number of amides is 1. The molecular weight excluding hydrogens is 466 g/mol. The second kappa shape index (κ2) is 11.9. The van der Waals surface area contributed by atoms with Gasteiger partial charge in [0.2, 0.25) is 11.7 Å². The van der Waals surface area contributed by atoms with Crippen LogP contribution in [0.25, 0.3) is 23.0 Å². The molecule has 2 atom stereocenters. The van der Waals surface area contributed by atoms with Crippen LogP contribution in [-0.4, -0.2) is 61.7 Å². The van der Waals surface area contributed by atoms with Gasteiger partial charge in [0.05, 0.1) is 12.7 Å². The first-order valence-corrected chi connectivity index (χ1v) is 11.8. The minimum Gasteiger partial charge on any atom is -0.490 e. The number of carbonyl (C=O) groups excluding carboxylic acids is 1. The molecule has 0 saturated carbocycles. The van der Waals surface area contributed by atoms with Crippen molar-refractivity contribution in [3.8, 4) is 34.7 Å². The molecule has 36 heavy (non-hydrogen) atoms. The summed E-state index contributed by atoms with van der Waals surface area (Å²) in [6.45, 7) is 10.2. The topological polar surface area (TPSA) is 167 Å². The van der Waals surface area contributed by atoms with Crippen molar-refractivity contribution in [3.63, 3.8) is 0 Å². The van der Waals surface area contributed by atoms with E-state index in [1.807, 2.05) is 46.8 Å². The Balaban J connectivity index is 1.80. The number of primary amides is 1. The third-order valence-electron chi connectivity index (χ3n) is 5.26. The van der Waals surface area contributed by atoms with Crippen LogP contribution in [0.4, 0.5) is 0 Å². The van der Waals surface area contributed by atoms with E-state index in [0.717, 1.165) is 22.4 Å². The Morgan fingerprint density at radius 2 is 1.83 bits per heavy atom. The molecule has 0 bridgehead atoms. The van der Waals surface area contributed by atoms with Crippen molar-refractivity contribution in [1.82, 2.24) is 20.1 Å². The summed E-state index contributed by atoms with van der Waals surface area (Å²) in [4.78, 5) is 24.2. The molecular formula is C25H33N5O6. The van der Waals surface area contributed by atoms with Gasteiger partial charge in [0, 0.05) is 17.7 Å². The zero-order valence-corrected chi connectivity index (χ0v) is 21.2. The lowest BCUT2D eigenvalue weighted by molar-refractivity contribution is -0.127. The van der Waals surface area contributed by atoms with Crippen molar-refractivity contribution in [2.45, 2.75) is 59.7 Å². The molecule has 2 aromatic heterocycles. The second-order valence-corrected chi connectivity index (χ2v) is 9.06. The minimum atomic E-state index is -1.43. The lowest BCUT2D eigenvalue weighted by atomic mass is 10.0. The van der Waals surface area contributed by atoms with E-state index in [4.69, 9.17) is 19.7 Å².